The molecule has 1 heteroatoms. The predicted molar refractivity (Wildman–Crippen MR) is 78.8 cm³/mol. The number of allylic oxidation sites excluding steroid dienone is 2. The zero-order valence-corrected chi connectivity index (χ0v) is 12.2. The normalized spacial score (nSPS) is 40.2. The summed E-state index contributed by atoms with van der Waals surface area (Å²) in [6.45, 7) is -0.0797. The molecule has 0 spiro atoms. The number of hydrogen-bond acceptors (Lipinski definition) is 0. The van der Waals surface area contributed by atoms with Crippen LogP contribution in [0.3, 0.4) is 0 Å². The molecule has 3 rings (SSSR count). The molecule has 3 aliphatic carbocycles. The molecule has 2 saturated carbocycles. The number of hydrogen-bond donors (Lipinski definition) is 0. The lowest BCUT2D eigenvalue weighted by atomic mass is 9.75. The highest BCUT2D eigenvalue weighted by Crippen LogP contribution is 2.43. The molecule has 0 radical (unpaired) electrons. The van der Waals surface area contributed by atoms with Crippen LogP contribution in [0.4, 0.5) is 4.39 Å². The van der Waals surface area contributed by atoms with E-state index < -0.39 is 0 Å². The fourth-order valence-corrected chi connectivity index (χ4v) is 4.88. The number of alkyl halides is 1. The largest absolute Gasteiger partial charge is 0.251 e. The van der Waals surface area contributed by atoms with Gasteiger partial charge in [-0.15, -0.1) is 0 Å². The van der Waals surface area contributed by atoms with E-state index in [0.29, 0.717) is 5.92 Å². The summed E-state index contributed by atoms with van der Waals surface area (Å²) in [7, 11) is 0. The Labute approximate surface area is 117 Å². The first-order valence-electron chi connectivity index (χ1n) is 8.60. The van der Waals surface area contributed by atoms with Crippen LogP contribution in [0.25, 0.3) is 0 Å². The minimum absolute atomic E-state index is 0.0797. The second-order valence-corrected chi connectivity index (χ2v) is 7.34. The lowest BCUT2D eigenvalue weighted by Gasteiger charge is -2.30. The first kappa shape index (κ1) is 13.6. The van der Waals surface area contributed by atoms with Crippen molar-refractivity contribution in [3.05, 3.63) is 11.6 Å². The van der Waals surface area contributed by atoms with Crippen LogP contribution in [0, 0.1) is 23.7 Å². The second-order valence-electron chi connectivity index (χ2n) is 7.34. The lowest BCUT2D eigenvalue weighted by Crippen LogP contribution is -2.19. The van der Waals surface area contributed by atoms with Gasteiger partial charge in [-0.05, 0) is 75.0 Å². The van der Waals surface area contributed by atoms with Gasteiger partial charge in [-0.2, -0.15) is 0 Å². The van der Waals surface area contributed by atoms with Gasteiger partial charge in [-0.25, -0.2) is 0 Å². The Kier molecular flexibility index (Phi) is 4.61. The summed E-state index contributed by atoms with van der Waals surface area (Å²) < 4.78 is 13.2. The van der Waals surface area contributed by atoms with E-state index in [2.05, 4.69) is 6.08 Å². The van der Waals surface area contributed by atoms with Gasteiger partial charge in [0.05, 0.1) is 6.67 Å². The molecule has 0 saturated heterocycles. The molecule has 0 nitrogen and oxygen atoms in total. The fourth-order valence-electron chi connectivity index (χ4n) is 4.88. The maximum atomic E-state index is 13.2. The van der Waals surface area contributed by atoms with E-state index in [9.17, 15) is 4.39 Å². The van der Waals surface area contributed by atoms with Crippen LogP contribution < -0.4 is 0 Å². The number of fused-ring (bicyclic) bond motifs is 3. The van der Waals surface area contributed by atoms with E-state index in [-0.39, 0.29) is 6.67 Å². The molecule has 3 aliphatic rings. The third kappa shape index (κ3) is 3.41. The Hall–Kier alpha value is -0.330. The van der Waals surface area contributed by atoms with Crippen LogP contribution in [0.5, 0.6) is 0 Å². The highest BCUT2D eigenvalue weighted by atomic mass is 19.1. The van der Waals surface area contributed by atoms with Crippen molar-refractivity contribution in [1.29, 1.82) is 0 Å². The SMILES string of the molecule is FCC1CCCCC2CCC3CCC=C3CC(C1)C2. The highest BCUT2D eigenvalue weighted by molar-refractivity contribution is 5.14. The zero-order chi connectivity index (χ0) is 13.1. The summed E-state index contributed by atoms with van der Waals surface area (Å²) in [6, 6.07) is 0. The van der Waals surface area contributed by atoms with Gasteiger partial charge in [-0.1, -0.05) is 30.9 Å². The summed E-state index contributed by atoms with van der Waals surface area (Å²) in [5, 5.41) is 0. The van der Waals surface area contributed by atoms with Crippen LogP contribution >= 0.6 is 0 Å². The third-order valence-electron chi connectivity index (χ3n) is 5.92. The number of halogens is 1. The van der Waals surface area contributed by atoms with Gasteiger partial charge in [-0.3, -0.25) is 4.39 Å². The fraction of sp³-hybridized carbons (Fsp3) is 0.889. The Morgan fingerprint density at radius 1 is 0.947 bits per heavy atom. The molecule has 0 amide bonds. The van der Waals surface area contributed by atoms with Crippen molar-refractivity contribution in [1.82, 2.24) is 0 Å². The van der Waals surface area contributed by atoms with Crippen LogP contribution in [0.15, 0.2) is 11.6 Å². The molecule has 19 heavy (non-hydrogen) atoms. The minimum atomic E-state index is -0.0797. The summed E-state index contributed by atoms with van der Waals surface area (Å²) in [5.74, 6) is 3.00. The van der Waals surface area contributed by atoms with E-state index in [1.165, 1.54) is 57.8 Å². The monoisotopic (exact) mass is 264 g/mol. The van der Waals surface area contributed by atoms with Gasteiger partial charge >= 0.3 is 0 Å². The molecular formula is C18H29F. The van der Waals surface area contributed by atoms with Crippen molar-refractivity contribution in [3.8, 4) is 0 Å². The summed E-state index contributed by atoms with van der Waals surface area (Å²) in [4.78, 5) is 0. The third-order valence-corrected chi connectivity index (χ3v) is 5.92. The molecule has 2 bridgehead atoms. The lowest BCUT2D eigenvalue weighted by molar-refractivity contribution is 0.237. The average Bonchev–Trinajstić information content (AvgIpc) is 2.85. The number of rotatable bonds is 1. The molecule has 2 fully saturated rings. The Morgan fingerprint density at radius 3 is 2.74 bits per heavy atom. The molecule has 0 heterocycles. The maximum absolute atomic E-state index is 13.2. The van der Waals surface area contributed by atoms with Crippen LogP contribution in [-0.4, -0.2) is 6.67 Å². The van der Waals surface area contributed by atoms with Gasteiger partial charge in [0.1, 0.15) is 0 Å². The van der Waals surface area contributed by atoms with Gasteiger partial charge in [0, 0.05) is 0 Å². The summed E-state index contributed by atoms with van der Waals surface area (Å²) >= 11 is 0. The first-order chi connectivity index (χ1) is 9.35. The molecule has 0 aliphatic heterocycles. The van der Waals surface area contributed by atoms with Gasteiger partial charge in [0.2, 0.25) is 0 Å². The maximum Gasteiger partial charge on any atom is 0.0922 e. The second kappa shape index (κ2) is 6.41. The summed E-state index contributed by atoms with van der Waals surface area (Å²) in [5.41, 5.74) is 1.75. The van der Waals surface area contributed by atoms with E-state index in [1.807, 2.05) is 0 Å². The highest BCUT2D eigenvalue weighted by Gasteiger charge is 2.30. The van der Waals surface area contributed by atoms with Crippen LogP contribution in [0.2, 0.25) is 0 Å². The van der Waals surface area contributed by atoms with E-state index in [0.717, 1.165) is 30.6 Å². The molecule has 0 N–H and O–H groups in total. The topological polar surface area (TPSA) is 0 Å². The molecular weight excluding hydrogens is 235 g/mol. The summed E-state index contributed by atoms with van der Waals surface area (Å²) in [6.07, 6.45) is 17.1. The molecule has 4 unspecified atom stereocenters. The average molecular weight is 264 g/mol. The van der Waals surface area contributed by atoms with Crippen molar-refractivity contribution in [2.24, 2.45) is 23.7 Å². The van der Waals surface area contributed by atoms with Crippen LogP contribution in [0.1, 0.15) is 70.6 Å². The quantitative estimate of drug-likeness (QED) is 0.534. The van der Waals surface area contributed by atoms with E-state index >= 15 is 0 Å². The Bertz CT molecular complexity index is 318. The van der Waals surface area contributed by atoms with E-state index in [4.69, 9.17) is 0 Å². The molecule has 0 aromatic rings. The van der Waals surface area contributed by atoms with Crippen LogP contribution in [-0.2, 0) is 0 Å². The predicted octanol–water partition coefficient (Wildman–Crippen LogP) is 5.68. The molecule has 108 valence electrons. The Balaban J connectivity index is 1.73. The zero-order valence-electron chi connectivity index (χ0n) is 12.2. The standard InChI is InChI=1S/C18H29F/c19-13-15-5-2-1-4-14-8-9-17-6-3-7-18(17)12-16(10-14)11-15/h7,14-17H,1-6,8-13H2. The van der Waals surface area contributed by atoms with Crippen molar-refractivity contribution in [2.75, 3.05) is 6.67 Å². The van der Waals surface area contributed by atoms with Crippen molar-refractivity contribution >= 4 is 0 Å². The smallest absolute Gasteiger partial charge is 0.0922 e. The van der Waals surface area contributed by atoms with Crippen molar-refractivity contribution < 1.29 is 4.39 Å². The van der Waals surface area contributed by atoms with Gasteiger partial charge in [0.15, 0.2) is 0 Å². The molecule has 4 atom stereocenters. The van der Waals surface area contributed by atoms with Crippen molar-refractivity contribution in [2.45, 2.75) is 70.6 Å². The van der Waals surface area contributed by atoms with Gasteiger partial charge < -0.3 is 0 Å². The minimum Gasteiger partial charge on any atom is -0.251 e. The first-order valence-corrected chi connectivity index (χ1v) is 8.60. The van der Waals surface area contributed by atoms with Crippen molar-refractivity contribution in [3.63, 3.8) is 0 Å². The molecule has 0 aromatic carbocycles. The van der Waals surface area contributed by atoms with Gasteiger partial charge in [0.25, 0.3) is 0 Å². The Morgan fingerprint density at radius 2 is 1.84 bits per heavy atom. The molecule has 0 aromatic heterocycles. The van der Waals surface area contributed by atoms with E-state index in [1.54, 1.807) is 5.57 Å².